The topological polar surface area (TPSA) is 55.1 Å². The van der Waals surface area contributed by atoms with Crippen LogP contribution in [0.3, 0.4) is 0 Å². The second-order valence-corrected chi connectivity index (χ2v) is 5.71. The standard InChI is InChI=1S/C17H20N2O.ClH/c18-12-17(9-3-4-10-17)19-16(20)15-8-7-13-5-1-2-6-14(13)11-15;/h1-2,5-8,11H,3-4,9-10,12,18H2,(H,19,20);1H. The number of hydrogen-bond acceptors (Lipinski definition) is 2. The lowest BCUT2D eigenvalue weighted by molar-refractivity contribution is 0.0903. The van der Waals surface area contributed by atoms with E-state index in [2.05, 4.69) is 11.4 Å². The lowest BCUT2D eigenvalue weighted by Gasteiger charge is -2.28. The zero-order valence-electron chi connectivity index (χ0n) is 12.0. The van der Waals surface area contributed by atoms with Gasteiger partial charge < -0.3 is 11.1 Å². The Morgan fingerprint density at radius 2 is 1.76 bits per heavy atom. The van der Waals surface area contributed by atoms with Crippen molar-refractivity contribution in [2.45, 2.75) is 31.2 Å². The predicted octanol–water partition coefficient (Wildman–Crippen LogP) is 3.26. The van der Waals surface area contributed by atoms with Gasteiger partial charge in [-0.15, -0.1) is 12.4 Å². The highest BCUT2D eigenvalue weighted by Crippen LogP contribution is 2.29. The van der Waals surface area contributed by atoms with Gasteiger partial charge in [-0.1, -0.05) is 43.2 Å². The molecule has 0 aromatic heterocycles. The highest BCUT2D eigenvalue weighted by atomic mass is 35.5. The number of amides is 1. The van der Waals surface area contributed by atoms with Crippen molar-refractivity contribution in [2.24, 2.45) is 5.73 Å². The maximum atomic E-state index is 12.4. The van der Waals surface area contributed by atoms with Gasteiger partial charge >= 0.3 is 0 Å². The van der Waals surface area contributed by atoms with Gasteiger partial charge in [0, 0.05) is 12.1 Å². The summed E-state index contributed by atoms with van der Waals surface area (Å²) in [5.41, 5.74) is 6.39. The number of fused-ring (bicyclic) bond motifs is 1. The Bertz CT molecular complexity index is 635. The van der Waals surface area contributed by atoms with E-state index in [-0.39, 0.29) is 23.9 Å². The zero-order chi connectivity index (χ0) is 14.0. The van der Waals surface area contributed by atoms with Gasteiger partial charge in [0.25, 0.3) is 5.91 Å². The number of nitrogens with one attached hydrogen (secondary N) is 1. The molecular weight excluding hydrogens is 284 g/mol. The molecule has 21 heavy (non-hydrogen) atoms. The van der Waals surface area contributed by atoms with E-state index >= 15 is 0 Å². The fourth-order valence-corrected chi connectivity index (χ4v) is 3.08. The van der Waals surface area contributed by atoms with Crippen LogP contribution in [0.4, 0.5) is 0 Å². The SMILES string of the molecule is Cl.NCC1(NC(=O)c2ccc3ccccc3c2)CCCC1. The van der Waals surface area contributed by atoms with E-state index in [1.54, 1.807) is 0 Å². The third-order valence-corrected chi connectivity index (χ3v) is 4.34. The van der Waals surface area contributed by atoms with Crippen LogP contribution in [0.2, 0.25) is 0 Å². The lowest BCUT2D eigenvalue weighted by atomic mass is 9.97. The molecule has 3 nitrogen and oxygen atoms in total. The molecule has 0 radical (unpaired) electrons. The maximum absolute atomic E-state index is 12.4. The molecule has 0 spiro atoms. The smallest absolute Gasteiger partial charge is 0.251 e. The molecule has 0 aliphatic heterocycles. The molecule has 1 fully saturated rings. The van der Waals surface area contributed by atoms with Crippen LogP contribution in [0.5, 0.6) is 0 Å². The number of carbonyl (C=O) groups excluding carboxylic acids is 1. The maximum Gasteiger partial charge on any atom is 0.251 e. The van der Waals surface area contributed by atoms with Crippen molar-refractivity contribution >= 4 is 29.1 Å². The molecule has 112 valence electrons. The largest absolute Gasteiger partial charge is 0.345 e. The molecule has 3 rings (SSSR count). The van der Waals surface area contributed by atoms with Crippen molar-refractivity contribution in [1.29, 1.82) is 0 Å². The first-order valence-electron chi connectivity index (χ1n) is 7.24. The van der Waals surface area contributed by atoms with E-state index < -0.39 is 0 Å². The van der Waals surface area contributed by atoms with Crippen molar-refractivity contribution in [1.82, 2.24) is 5.32 Å². The Balaban J connectivity index is 0.00000161. The van der Waals surface area contributed by atoms with Gasteiger partial charge in [-0.25, -0.2) is 0 Å². The minimum absolute atomic E-state index is 0. The first-order chi connectivity index (χ1) is 9.72. The van der Waals surface area contributed by atoms with E-state index in [9.17, 15) is 4.79 Å². The summed E-state index contributed by atoms with van der Waals surface area (Å²) in [5.74, 6) is -0.0110. The van der Waals surface area contributed by atoms with Crippen molar-refractivity contribution < 1.29 is 4.79 Å². The summed E-state index contributed by atoms with van der Waals surface area (Å²) in [5, 5.41) is 5.40. The highest BCUT2D eigenvalue weighted by molar-refractivity contribution is 5.99. The number of halogens is 1. The Labute approximate surface area is 131 Å². The summed E-state index contributed by atoms with van der Waals surface area (Å²) < 4.78 is 0. The van der Waals surface area contributed by atoms with E-state index in [0.29, 0.717) is 12.1 Å². The van der Waals surface area contributed by atoms with Crippen molar-refractivity contribution in [3.05, 3.63) is 48.0 Å². The van der Waals surface area contributed by atoms with Crippen LogP contribution < -0.4 is 11.1 Å². The quantitative estimate of drug-likeness (QED) is 0.914. The first-order valence-corrected chi connectivity index (χ1v) is 7.24. The first kappa shape index (κ1) is 15.8. The van der Waals surface area contributed by atoms with E-state index in [0.717, 1.165) is 36.5 Å². The van der Waals surface area contributed by atoms with Gasteiger partial charge in [0.05, 0.1) is 5.54 Å². The van der Waals surface area contributed by atoms with Gasteiger partial charge in [-0.2, -0.15) is 0 Å². The van der Waals surface area contributed by atoms with Gasteiger partial charge in [0.2, 0.25) is 0 Å². The van der Waals surface area contributed by atoms with Crippen LogP contribution in [-0.4, -0.2) is 18.0 Å². The van der Waals surface area contributed by atoms with Crippen LogP contribution in [0.25, 0.3) is 10.8 Å². The van der Waals surface area contributed by atoms with Crippen molar-refractivity contribution in [2.75, 3.05) is 6.54 Å². The molecule has 1 aliphatic rings. The molecule has 1 amide bonds. The lowest BCUT2D eigenvalue weighted by Crippen LogP contribution is -2.51. The minimum atomic E-state index is -0.192. The number of nitrogens with two attached hydrogens (primary N) is 1. The molecule has 2 aromatic carbocycles. The summed E-state index contributed by atoms with van der Waals surface area (Å²) in [6, 6.07) is 13.9. The van der Waals surface area contributed by atoms with Crippen LogP contribution in [0.15, 0.2) is 42.5 Å². The molecule has 0 saturated heterocycles. The van der Waals surface area contributed by atoms with E-state index in [1.807, 2.05) is 36.4 Å². The van der Waals surface area contributed by atoms with Crippen LogP contribution >= 0.6 is 12.4 Å². The van der Waals surface area contributed by atoms with Crippen molar-refractivity contribution in [3.63, 3.8) is 0 Å². The van der Waals surface area contributed by atoms with Gasteiger partial charge in [-0.05, 0) is 35.7 Å². The number of hydrogen-bond donors (Lipinski definition) is 2. The van der Waals surface area contributed by atoms with E-state index in [1.165, 1.54) is 0 Å². The van der Waals surface area contributed by atoms with Crippen LogP contribution in [0, 0.1) is 0 Å². The Morgan fingerprint density at radius 3 is 2.43 bits per heavy atom. The highest BCUT2D eigenvalue weighted by Gasteiger charge is 2.34. The van der Waals surface area contributed by atoms with Gasteiger partial charge in [-0.3, -0.25) is 4.79 Å². The second-order valence-electron chi connectivity index (χ2n) is 5.71. The molecule has 3 N–H and O–H groups in total. The molecule has 0 heterocycles. The Hall–Kier alpha value is -1.58. The van der Waals surface area contributed by atoms with Crippen molar-refractivity contribution in [3.8, 4) is 0 Å². The number of carbonyl (C=O) groups is 1. The minimum Gasteiger partial charge on any atom is -0.345 e. The summed E-state index contributed by atoms with van der Waals surface area (Å²) in [7, 11) is 0. The monoisotopic (exact) mass is 304 g/mol. The Kier molecular flexibility index (Phi) is 4.86. The summed E-state index contributed by atoms with van der Waals surface area (Å²) in [4.78, 5) is 12.4. The number of benzene rings is 2. The van der Waals surface area contributed by atoms with E-state index in [4.69, 9.17) is 5.73 Å². The summed E-state index contributed by atoms with van der Waals surface area (Å²) in [6.07, 6.45) is 4.27. The van der Waals surface area contributed by atoms with Crippen LogP contribution in [0.1, 0.15) is 36.0 Å². The summed E-state index contributed by atoms with van der Waals surface area (Å²) in [6.45, 7) is 0.520. The normalized spacial score (nSPS) is 16.4. The van der Waals surface area contributed by atoms with Gasteiger partial charge in [0.15, 0.2) is 0 Å². The third-order valence-electron chi connectivity index (χ3n) is 4.34. The molecule has 1 aliphatic carbocycles. The molecular formula is C17H21ClN2O. The predicted molar refractivity (Wildman–Crippen MR) is 88.9 cm³/mol. The average Bonchev–Trinajstić information content (AvgIpc) is 2.96. The fraction of sp³-hybridized carbons (Fsp3) is 0.353. The Morgan fingerprint density at radius 1 is 1.10 bits per heavy atom. The molecule has 0 atom stereocenters. The number of rotatable bonds is 3. The zero-order valence-corrected chi connectivity index (χ0v) is 12.8. The fourth-order valence-electron chi connectivity index (χ4n) is 3.08. The summed E-state index contributed by atoms with van der Waals surface area (Å²) >= 11 is 0. The molecule has 2 aromatic rings. The second kappa shape index (κ2) is 6.46. The van der Waals surface area contributed by atoms with Gasteiger partial charge in [0.1, 0.15) is 0 Å². The third kappa shape index (κ3) is 3.20. The molecule has 0 unspecified atom stereocenters. The average molecular weight is 305 g/mol. The molecule has 4 heteroatoms. The molecule has 1 saturated carbocycles. The van der Waals surface area contributed by atoms with Crippen LogP contribution in [-0.2, 0) is 0 Å². The molecule has 0 bridgehead atoms.